The van der Waals surface area contributed by atoms with E-state index in [1.165, 1.54) is 5.56 Å². The zero-order valence-electron chi connectivity index (χ0n) is 22.8. The van der Waals surface area contributed by atoms with Crippen molar-refractivity contribution in [3.8, 4) is 28.2 Å². The van der Waals surface area contributed by atoms with Crippen LogP contribution >= 0.6 is 0 Å². The maximum absolute atomic E-state index is 12.7. The lowest BCUT2D eigenvalue weighted by molar-refractivity contribution is 0.0951. The first-order valence-electron chi connectivity index (χ1n) is 13.4. The van der Waals surface area contributed by atoms with Crippen molar-refractivity contribution in [2.24, 2.45) is 0 Å². The molecule has 0 saturated heterocycles. The summed E-state index contributed by atoms with van der Waals surface area (Å²) in [4.78, 5) is 30.9. The van der Waals surface area contributed by atoms with Crippen molar-refractivity contribution in [3.05, 3.63) is 120 Å². The predicted molar refractivity (Wildman–Crippen MR) is 161 cm³/mol. The number of imidazole rings is 1. The molecule has 0 atom stereocenters. The molecule has 0 radical (unpaired) electrons. The molecule has 6 aromatic rings. The number of fused-ring (bicyclic) bond motifs is 1. The highest BCUT2D eigenvalue weighted by Gasteiger charge is 2.18. The molecule has 0 aliphatic heterocycles. The van der Waals surface area contributed by atoms with Crippen LogP contribution in [0.5, 0.6) is 0 Å². The molecule has 0 spiro atoms. The number of hydrogen-bond donors (Lipinski definition) is 2. The summed E-state index contributed by atoms with van der Waals surface area (Å²) in [5.74, 6) is 1.35. The fourth-order valence-corrected chi connectivity index (χ4v) is 4.75. The molecule has 4 aromatic heterocycles. The second-order valence-electron chi connectivity index (χ2n) is 10.1. The van der Waals surface area contributed by atoms with Crippen LogP contribution in [0.3, 0.4) is 0 Å². The van der Waals surface area contributed by atoms with E-state index in [2.05, 4.69) is 29.1 Å². The van der Waals surface area contributed by atoms with Crippen LogP contribution in [0.25, 0.3) is 39.4 Å². The molecule has 0 bridgehead atoms. The lowest BCUT2D eigenvalue weighted by Crippen LogP contribution is -2.22. The van der Waals surface area contributed by atoms with Crippen LogP contribution in [0.1, 0.15) is 41.3 Å². The molecule has 41 heavy (non-hydrogen) atoms. The Hall–Kier alpha value is -5.37. The Morgan fingerprint density at radius 1 is 0.902 bits per heavy atom. The average molecular weight is 540 g/mol. The molecular weight excluding hydrogens is 510 g/mol. The highest BCUT2D eigenvalue weighted by molar-refractivity contribution is 5.94. The number of nitrogens with two attached hydrogens (primary N) is 1. The Morgan fingerprint density at radius 2 is 1.68 bits per heavy atom. The zero-order chi connectivity index (χ0) is 28.3. The van der Waals surface area contributed by atoms with Gasteiger partial charge in [0.2, 0.25) is 0 Å². The third-order valence-corrected chi connectivity index (χ3v) is 7.06. The van der Waals surface area contributed by atoms with E-state index in [4.69, 9.17) is 15.7 Å². The minimum Gasteiger partial charge on any atom is -0.383 e. The van der Waals surface area contributed by atoms with Crippen molar-refractivity contribution in [1.82, 2.24) is 29.8 Å². The van der Waals surface area contributed by atoms with Crippen LogP contribution in [-0.4, -0.2) is 30.4 Å². The molecule has 0 aliphatic carbocycles. The molecule has 0 unspecified atom stereocenters. The molecule has 202 valence electrons. The van der Waals surface area contributed by atoms with Gasteiger partial charge >= 0.3 is 0 Å². The summed E-state index contributed by atoms with van der Waals surface area (Å²) >= 11 is 0. The predicted octanol–water partition coefficient (Wildman–Crippen LogP) is 6.18. The van der Waals surface area contributed by atoms with Crippen molar-refractivity contribution in [2.75, 3.05) is 5.73 Å². The summed E-state index contributed by atoms with van der Waals surface area (Å²) in [6.07, 6.45) is 7.03. The summed E-state index contributed by atoms with van der Waals surface area (Å²) in [6, 6.07) is 25.3. The maximum atomic E-state index is 12.7. The van der Waals surface area contributed by atoms with Gasteiger partial charge in [-0.1, -0.05) is 44.2 Å². The number of nitrogens with one attached hydrogen (secondary N) is 1. The number of hydrogen-bond acceptors (Lipinski definition) is 6. The van der Waals surface area contributed by atoms with E-state index in [0.717, 1.165) is 27.9 Å². The maximum Gasteiger partial charge on any atom is 0.251 e. The number of aromatic nitrogens is 5. The average Bonchev–Trinajstić information content (AvgIpc) is 3.39. The number of anilines is 1. The molecule has 8 nitrogen and oxygen atoms in total. The number of pyridine rings is 3. The molecule has 1 amide bonds. The van der Waals surface area contributed by atoms with Crippen LogP contribution in [0.2, 0.25) is 0 Å². The number of amides is 1. The molecule has 0 aliphatic rings. The van der Waals surface area contributed by atoms with Gasteiger partial charge in [0.1, 0.15) is 11.3 Å². The van der Waals surface area contributed by atoms with Crippen LogP contribution in [0.15, 0.2) is 104 Å². The number of carbonyl (C=O) groups excluding carboxylic acids is 1. The van der Waals surface area contributed by atoms with Gasteiger partial charge in [-0.25, -0.2) is 15.0 Å². The van der Waals surface area contributed by atoms with E-state index in [-0.39, 0.29) is 5.91 Å². The number of carbonyl (C=O) groups is 1. The van der Waals surface area contributed by atoms with Crippen molar-refractivity contribution in [3.63, 3.8) is 0 Å². The third kappa shape index (κ3) is 5.27. The SMILES string of the molecule is CC(C)c1ccc(C(=O)NCc2ccc(-n3c(-c4cccnc4N)nc4cc(-c5cccnc5)cnc43)cc2)cc1. The minimum absolute atomic E-state index is 0.104. The Kier molecular flexibility index (Phi) is 6.95. The van der Waals surface area contributed by atoms with E-state index < -0.39 is 0 Å². The number of nitrogens with zero attached hydrogens (tertiary/aromatic N) is 5. The molecule has 2 aromatic carbocycles. The molecular formula is C33H29N7O. The number of benzene rings is 2. The Balaban J connectivity index is 1.31. The second kappa shape index (κ2) is 11.0. The van der Waals surface area contributed by atoms with E-state index in [9.17, 15) is 4.79 Å². The standard InChI is InChI=1S/C33H29N7O/c1-21(2)23-9-11-24(12-10-23)33(41)38-18-22-7-13-27(14-8-22)40-31(28-6-4-16-36-30(28)34)39-29-17-26(20-37-32(29)40)25-5-3-15-35-19-25/h3-17,19-21H,18H2,1-2H3,(H2,34,36)(H,38,41). The fraction of sp³-hybridized carbons (Fsp3) is 0.121. The summed E-state index contributed by atoms with van der Waals surface area (Å²) < 4.78 is 1.98. The van der Waals surface area contributed by atoms with E-state index >= 15 is 0 Å². The van der Waals surface area contributed by atoms with Crippen LogP contribution in [-0.2, 0) is 6.54 Å². The topological polar surface area (TPSA) is 112 Å². The number of rotatable bonds is 7. The first kappa shape index (κ1) is 25.9. The summed E-state index contributed by atoms with van der Waals surface area (Å²) in [6.45, 7) is 4.68. The molecule has 6 rings (SSSR count). The van der Waals surface area contributed by atoms with Crippen molar-refractivity contribution >= 4 is 22.9 Å². The monoisotopic (exact) mass is 539 g/mol. The van der Waals surface area contributed by atoms with Crippen LogP contribution in [0.4, 0.5) is 5.82 Å². The van der Waals surface area contributed by atoms with Gasteiger partial charge in [-0.15, -0.1) is 0 Å². The summed E-state index contributed by atoms with van der Waals surface area (Å²) in [5, 5.41) is 3.01. The lowest BCUT2D eigenvalue weighted by atomic mass is 10.0. The van der Waals surface area contributed by atoms with Gasteiger partial charge in [0.25, 0.3) is 5.91 Å². The minimum atomic E-state index is -0.104. The molecule has 4 heterocycles. The van der Waals surface area contributed by atoms with Gasteiger partial charge in [0.05, 0.1) is 5.56 Å². The van der Waals surface area contributed by atoms with E-state index in [0.29, 0.717) is 40.9 Å². The Morgan fingerprint density at radius 3 is 2.39 bits per heavy atom. The highest BCUT2D eigenvalue weighted by atomic mass is 16.1. The summed E-state index contributed by atoms with van der Waals surface area (Å²) in [7, 11) is 0. The Labute approximate surface area is 238 Å². The first-order valence-corrected chi connectivity index (χ1v) is 13.4. The van der Waals surface area contributed by atoms with Gasteiger partial charge < -0.3 is 11.1 Å². The van der Waals surface area contributed by atoms with E-state index in [1.807, 2.05) is 89.6 Å². The van der Waals surface area contributed by atoms with Gasteiger partial charge in [0, 0.05) is 53.7 Å². The Bertz CT molecular complexity index is 1830. The zero-order valence-corrected chi connectivity index (χ0v) is 22.8. The van der Waals surface area contributed by atoms with Gasteiger partial charge in [-0.2, -0.15) is 0 Å². The normalized spacial score (nSPS) is 11.2. The van der Waals surface area contributed by atoms with Gasteiger partial charge in [0.15, 0.2) is 11.5 Å². The lowest BCUT2D eigenvalue weighted by Gasteiger charge is -2.12. The van der Waals surface area contributed by atoms with Gasteiger partial charge in [-0.3, -0.25) is 14.3 Å². The second-order valence-corrected chi connectivity index (χ2v) is 10.1. The van der Waals surface area contributed by atoms with Crippen molar-refractivity contribution in [2.45, 2.75) is 26.3 Å². The van der Waals surface area contributed by atoms with Gasteiger partial charge in [-0.05, 0) is 65.6 Å². The number of nitrogen functional groups attached to an aromatic ring is 1. The largest absolute Gasteiger partial charge is 0.383 e. The van der Waals surface area contributed by atoms with Crippen molar-refractivity contribution in [1.29, 1.82) is 0 Å². The first-order chi connectivity index (χ1) is 20.0. The third-order valence-electron chi connectivity index (χ3n) is 7.06. The molecule has 0 saturated carbocycles. The van der Waals surface area contributed by atoms with E-state index in [1.54, 1.807) is 18.6 Å². The quantitative estimate of drug-likeness (QED) is 0.251. The van der Waals surface area contributed by atoms with Crippen LogP contribution < -0.4 is 11.1 Å². The smallest absolute Gasteiger partial charge is 0.251 e. The fourth-order valence-electron chi connectivity index (χ4n) is 4.75. The highest BCUT2D eigenvalue weighted by Crippen LogP contribution is 2.32. The molecule has 0 fully saturated rings. The summed E-state index contributed by atoms with van der Waals surface area (Å²) in [5.41, 5.74) is 14.0. The van der Waals surface area contributed by atoms with Crippen molar-refractivity contribution < 1.29 is 4.79 Å². The molecule has 8 heteroatoms. The van der Waals surface area contributed by atoms with Crippen LogP contribution in [0, 0.1) is 0 Å². The molecule has 3 N–H and O–H groups in total.